The molecule has 0 fully saturated rings. The van der Waals surface area contributed by atoms with Crippen LogP contribution < -0.4 is 9.47 Å². The molecule has 0 saturated heterocycles. The van der Waals surface area contributed by atoms with Gasteiger partial charge in [-0.3, -0.25) is 0 Å². The van der Waals surface area contributed by atoms with Crippen LogP contribution >= 0.6 is 10.7 Å². The molecule has 1 aromatic carbocycles. The SMILES string of the molecule is COc1cccc(OCC(C)(C)CS(=O)(=O)Cl)c1. The summed E-state index contributed by atoms with van der Waals surface area (Å²) in [6.07, 6.45) is 0. The van der Waals surface area contributed by atoms with Crippen molar-refractivity contribution in [3.05, 3.63) is 24.3 Å². The van der Waals surface area contributed by atoms with E-state index in [1.165, 1.54) is 0 Å². The highest BCUT2D eigenvalue weighted by molar-refractivity contribution is 8.13. The quantitative estimate of drug-likeness (QED) is 0.757. The van der Waals surface area contributed by atoms with E-state index in [0.717, 1.165) is 0 Å². The maximum atomic E-state index is 11.0. The molecular formula is C12H17ClO4S. The van der Waals surface area contributed by atoms with E-state index >= 15 is 0 Å². The Morgan fingerprint density at radius 2 is 1.89 bits per heavy atom. The molecule has 4 nitrogen and oxygen atoms in total. The number of hydrogen-bond acceptors (Lipinski definition) is 4. The zero-order valence-electron chi connectivity index (χ0n) is 10.6. The molecule has 0 atom stereocenters. The Balaban J connectivity index is 2.63. The number of methoxy groups -OCH3 is 1. The van der Waals surface area contributed by atoms with Crippen molar-refractivity contribution in [1.29, 1.82) is 0 Å². The summed E-state index contributed by atoms with van der Waals surface area (Å²) < 4.78 is 32.7. The summed E-state index contributed by atoms with van der Waals surface area (Å²) in [6.45, 7) is 3.83. The topological polar surface area (TPSA) is 52.6 Å². The van der Waals surface area contributed by atoms with Crippen LogP contribution in [0.1, 0.15) is 13.8 Å². The van der Waals surface area contributed by atoms with Crippen molar-refractivity contribution < 1.29 is 17.9 Å². The smallest absolute Gasteiger partial charge is 0.233 e. The standard InChI is InChI=1S/C12H17ClO4S/c1-12(2,9-18(13,14)15)8-17-11-6-4-5-10(7-11)16-3/h4-7H,8-9H2,1-3H3. The molecule has 0 N–H and O–H groups in total. The lowest BCUT2D eigenvalue weighted by Gasteiger charge is -2.23. The Morgan fingerprint density at radius 3 is 2.44 bits per heavy atom. The molecule has 102 valence electrons. The van der Waals surface area contributed by atoms with Crippen LogP contribution in [0.4, 0.5) is 0 Å². The van der Waals surface area contributed by atoms with E-state index in [-0.39, 0.29) is 12.4 Å². The van der Waals surface area contributed by atoms with E-state index in [1.807, 2.05) is 0 Å². The molecule has 0 amide bonds. The molecule has 0 aromatic heterocycles. The number of benzene rings is 1. The maximum Gasteiger partial charge on any atom is 0.233 e. The summed E-state index contributed by atoms with van der Waals surface area (Å²) in [6, 6.07) is 7.14. The highest BCUT2D eigenvalue weighted by Gasteiger charge is 2.25. The Morgan fingerprint density at radius 1 is 1.28 bits per heavy atom. The van der Waals surface area contributed by atoms with Crippen molar-refractivity contribution in [3.63, 3.8) is 0 Å². The van der Waals surface area contributed by atoms with Crippen molar-refractivity contribution in [2.75, 3.05) is 19.5 Å². The molecular weight excluding hydrogens is 276 g/mol. The van der Waals surface area contributed by atoms with E-state index in [0.29, 0.717) is 11.5 Å². The minimum atomic E-state index is -3.53. The first-order chi connectivity index (χ1) is 8.22. The third-order valence-corrected chi connectivity index (χ3v) is 3.69. The molecule has 18 heavy (non-hydrogen) atoms. The summed E-state index contributed by atoms with van der Waals surface area (Å²) in [5, 5.41) is 0. The average Bonchev–Trinajstić information content (AvgIpc) is 2.24. The van der Waals surface area contributed by atoms with Gasteiger partial charge >= 0.3 is 0 Å². The zero-order chi connectivity index (χ0) is 13.8. The summed E-state index contributed by atoms with van der Waals surface area (Å²) in [5.74, 6) is 1.19. The van der Waals surface area contributed by atoms with E-state index < -0.39 is 14.5 Å². The van der Waals surface area contributed by atoms with Gasteiger partial charge in [0.15, 0.2) is 0 Å². The van der Waals surface area contributed by atoms with Crippen LogP contribution in [-0.2, 0) is 9.05 Å². The molecule has 0 aliphatic rings. The van der Waals surface area contributed by atoms with Gasteiger partial charge in [0.2, 0.25) is 9.05 Å². The summed E-state index contributed by atoms with van der Waals surface area (Å²) in [5.41, 5.74) is -0.552. The van der Waals surface area contributed by atoms with Gasteiger partial charge in [-0.15, -0.1) is 0 Å². The molecule has 1 rings (SSSR count). The van der Waals surface area contributed by atoms with Gasteiger partial charge in [0.05, 0.1) is 19.5 Å². The van der Waals surface area contributed by atoms with Crippen molar-refractivity contribution in [2.24, 2.45) is 5.41 Å². The Hall–Kier alpha value is -0.940. The number of hydrogen-bond donors (Lipinski definition) is 0. The van der Waals surface area contributed by atoms with Crippen molar-refractivity contribution in [2.45, 2.75) is 13.8 Å². The maximum absolute atomic E-state index is 11.0. The molecule has 6 heteroatoms. The van der Waals surface area contributed by atoms with Crippen LogP contribution in [0.25, 0.3) is 0 Å². The molecule has 0 radical (unpaired) electrons. The van der Waals surface area contributed by atoms with Crippen molar-refractivity contribution in [3.8, 4) is 11.5 Å². The van der Waals surface area contributed by atoms with E-state index in [2.05, 4.69) is 0 Å². The third-order valence-electron chi connectivity index (χ3n) is 2.23. The van der Waals surface area contributed by atoms with E-state index in [1.54, 1.807) is 45.2 Å². The van der Waals surface area contributed by atoms with Crippen LogP contribution in [0, 0.1) is 5.41 Å². The van der Waals surface area contributed by atoms with Crippen molar-refractivity contribution in [1.82, 2.24) is 0 Å². The fourth-order valence-electron chi connectivity index (χ4n) is 1.48. The molecule has 0 bridgehead atoms. The van der Waals surface area contributed by atoms with E-state index in [9.17, 15) is 8.42 Å². The first-order valence-electron chi connectivity index (χ1n) is 5.41. The lowest BCUT2D eigenvalue weighted by Crippen LogP contribution is -2.28. The van der Waals surface area contributed by atoms with Crippen LogP contribution in [-0.4, -0.2) is 27.9 Å². The second-order valence-electron chi connectivity index (χ2n) is 4.82. The Labute approximate surface area is 112 Å². The average molecular weight is 293 g/mol. The van der Waals surface area contributed by atoms with Crippen LogP contribution in [0.3, 0.4) is 0 Å². The molecule has 0 saturated carbocycles. The predicted molar refractivity (Wildman–Crippen MR) is 71.9 cm³/mol. The van der Waals surface area contributed by atoms with Gasteiger partial charge in [-0.1, -0.05) is 19.9 Å². The van der Waals surface area contributed by atoms with Crippen LogP contribution in [0.5, 0.6) is 11.5 Å². The fourth-order valence-corrected chi connectivity index (χ4v) is 3.38. The molecule has 1 aromatic rings. The molecule has 0 aliphatic heterocycles. The lowest BCUT2D eigenvalue weighted by atomic mass is 9.98. The van der Waals surface area contributed by atoms with Crippen LogP contribution in [0.15, 0.2) is 24.3 Å². The summed E-state index contributed by atoms with van der Waals surface area (Å²) in [4.78, 5) is 0. The first kappa shape index (κ1) is 15.1. The fraction of sp³-hybridized carbons (Fsp3) is 0.500. The minimum Gasteiger partial charge on any atom is -0.497 e. The van der Waals surface area contributed by atoms with Gasteiger partial charge in [0, 0.05) is 22.2 Å². The van der Waals surface area contributed by atoms with Gasteiger partial charge in [-0.2, -0.15) is 0 Å². The van der Waals surface area contributed by atoms with Gasteiger partial charge in [-0.25, -0.2) is 8.42 Å². The second-order valence-corrected chi connectivity index (χ2v) is 7.59. The van der Waals surface area contributed by atoms with Gasteiger partial charge in [0.25, 0.3) is 0 Å². The highest BCUT2D eigenvalue weighted by Crippen LogP contribution is 2.24. The first-order valence-corrected chi connectivity index (χ1v) is 7.89. The van der Waals surface area contributed by atoms with Crippen LogP contribution in [0.2, 0.25) is 0 Å². The van der Waals surface area contributed by atoms with Crippen molar-refractivity contribution >= 4 is 19.7 Å². The Bertz CT molecular complexity index is 497. The zero-order valence-corrected chi connectivity index (χ0v) is 12.2. The molecule has 0 aliphatic carbocycles. The number of ether oxygens (including phenoxy) is 2. The second kappa shape index (κ2) is 5.80. The number of halogens is 1. The molecule has 0 spiro atoms. The highest BCUT2D eigenvalue weighted by atomic mass is 35.7. The normalized spacial score (nSPS) is 12.2. The monoisotopic (exact) mass is 292 g/mol. The lowest BCUT2D eigenvalue weighted by molar-refractivity contribution is 0.199. The van der Waals surface area contributed by atoms with Gasteiger partial charge < -0.3 is 9.47 Å². The molecule has 0 heterocycles. The van der Waals surface area contributed by atoms with E-state index in [4.69, 9.17) is 20.2 Å². The third kappa shape index (κ3) is 5.60. The van der Waals surface area contributed by atoms with Gasteiger partial charge in [0.1, 0.15) is 11.5 Å². The summed E-state index contributed by atoms with van der Waals surface area (Å²) in [7, 11) is 3.28. The predicted octanol–water partition coefficient (Wildman–Crippen LogP) is 2.67. The molecule has 0 unspecified atom stereocenters. The number of rotatable bonds is 6. The summed E-state index contributed by atoms with van der Waals surface area (Å²) >= 11 is 0. The Kier molecular flexibility index (Phi) is 4.87. The van der Waals surface area contributed by atoms with Gasteiger partial charge in [-0.05, 0) is 12.1 Å². The minimum absolute atomic E-state index is 0.133. The largest absolute Gasteiger partial charge is 0.497 e.